The monoisotopic (exact) mass is 366 g/mol. The van der Waals surface area contributed by atoms with E-state index in [1.807, 2.05) is 12.3 Å². The third-order valence-electron chi connectivity index (χ3n) is 4.63. The number of nitrogens with one attached hydrogen (secondary N) is 2. The second-order valence-electron chi connectivity index (χ2n) is 6.35. The molecule has 1 heterocycles. The molecule has 1 aromatic rings. The van der Waals surface area contributed by atoms with Crippen LogP contribution in [0.1, 0.15) is 37.8 Å². The summed E-state index contributed by atoms with van der Waals surface area (Å²) in [6.07, 6.45) is 4.56. The summed E-state index contributed by atoms with van der Waals surface area (Å²) >= 11 is 1.70. The van der Waals surface area contributed by atoms with Crippen molar-refractivity contribution in [3.8, 4) is 0 Å². The SMILES string of the molecule is CCNC(=NCc1ccc(F)cc1CSC)NCC1CCCN1CC. The van der Waals surface area contributed by atoms with Gasteiger partial charge in [0, 0.05) is 24.9 Å². The standard InChI is InChI=1S/C19H31FN4S/c1-4-21-19(23-13-18-7-6-10-24(18)5-2)22-12-15-8-9-17(20)11-16(15)14-25-3/h8-9,11,18H,4-7,10,12-14H2,1-3H3,(H2,21,22,23). The molecule has 0 radical (unpaired) electrons. The maximum atomic E-state index is 13.5. The molecule has 1 aromatic carbocycles. The molecule has 1 saturated heterocycles. The Kier molecular flexibility index (Phi) is 8.55. The number of halogens is 1. The summed E-state index contributed by atoms with van der Waals surface area (Å²) in [5, 5.41) is 6.79. The number of benzene rings is 1. The Morgan fingerprint density at radius 3 is 2.88 bits per heavy atom. The van der Waals surface area contributed by atoms with Crippen LogP contribution in [-0.4, -0.2) is 49.3 Å². The highest BCUT2D eigenvalue weighted by molar-refractivity contribution is 7.97. The Morgan fingerprint density at radius 1 is 1.32 bits per heavy atom. The fraction of sp³-hybridized carbons (Fsp3) is 0.632. The molecule has 0 amide bonds. The Balaban J connectivity index is 1.99. The van der Waals surface area contributed by atoms with E-state index < -0.39 is 0 Å². The van der Waals surface area contributed by atoms with Crippen LogP contribution in [0.15, 0.2) is 23.2 Å². The molecular formula is C19H31FN4S. The molecule has 0 bridgehead atoms. The lowest BCUT2D eigenvalue weighted by Gasteiger charge is -2.24. The zero-order valence-corrected chi connectivity index (χ0v) is 16.5. The van der Waals surface area contributed by atoms with Gasteiger partial charge in [0.2, 0.25) is 0 Å². The molecule has 1 atom stereocenters. The van der Waals surface area contributed by atoms with Gasteiger partial charge in [0.25, 0.3) is 0 Å². The molecule has 1 aliphatic rings. The van der Waals surface area contributed by atoms with Crippen LogP contribution < -0.4 is 10.6 Å². The van der Waals surface area contributed by atoms with Gasteiger partial charge in [-0.1, -0.05) is 13.0 Å². The van der Waals surface area contributed by atoms with Gasteiger partial charge in [-0.15, -0.1) is 0 Å². The number of thioether (sulfide) groups is 1. The number of rotatable bonds is 8. The molecule has 1 fully saturated rings. The third kappa shape index (κ3) is 6.19. The minimum atomic E-state index is -0.178. The highest BCUT2D eigenvalue weighted by Crippen LogP contribution is 2.18. The van der Waals surface area contributed by atoms with Gasteiger partial charge in [0.05, 0.1) is 6.54 Å². The largest absolute Gasteiger partial charge is 0.357 e. The van der Waals surface area contributed by atoms with E-state index in [4.69, 9.17) is 4.99 Å². The van der Waals surface area contributed by atoms with E-state index in [2.05, 4.69) is 29.4 Å². The van der Waals surface area contributed by atoms with Gasteiger partial charge in [-0.05, 0) is 62.4 Å². The van der Waals surface area contributed by atoms with Crippen molar-refractivity contribution in [2.45, 2.75) is 45.0 Å². The predicted octanol–water partition coefficient (Wildman–Crippen LogP) is 3.23. The summed E-state index contributed by atoms with van der Waals surface area (Å²) < 4.78 is 13.5. The van der Waals surface area contributed by atoms with Gasteiger partial charge in [0.15, 0.2) is 5.96 Å². The highest BCUT2D eigenvalue weighted by Gasteiger charge is 2.22. The van der Waals surface area contributed by atoms with Crippen molar-refractivity contribution in [2.75, 3.05) is 32.4 Å². The summed E-state index contributed by atoms with van der Waals surface area (Å²) in [7, 11) is 0. The maximum Gasteiger partial charge on any atom is 0.191 e. The smallest absolute Gasteiger partial charge is 0.191 e. The van der Waals surface area contributed by atoms with Crippen LogP contribution in [-0.2, 0) is 12.3 Å². The Hall–Kier alpha value is -1.27. The molecule has 0 aliphatic carbocycles. The normalized spacial score (nSPS) is 18.6. The van der Waals surface area contributed by atoms with E-state index in [-0.39, 0.29) is 5.82 Å². The molecule has 6 heteroatoms. The van der Waals surface area contributed by atoms with Crippen molar-refractivity contribution in [3.05, 3.63) is 35.1 Å². The fourth-order valence-electron chi connectivity index (χ4n) is 3.30. The molecule has 25 heavy (non-hydrogen) atoms. The van der Waals surface area contributed by atoms with Crippen molar-refractivity contribution in [1.82, 2.24) is 15.5 Å². The van der Waals surface area contributed by atoms with E-state index in [1.54, 1.807) is 17.8 Å². The molecule has 1 unspecified atom stereocenters. The molecule has 1 aliphatic heterocycles. The second-order valence-corrected chi connectivity index (χ2v) is 7.21. The van der Waals surface area contributed by atoms with Crippen LogP contribution in [0.25, 0.3) is 0 Å². The molecule has 0 aromatic heterocycles. The lowest BCUT2D eigenvalue weighted by atomic mass is 10.1. The first kappa shape index (κ1) is 20.0. The summed E-state index contributed by atoms with van der Waals surface area (Å²) in [5.74, 6) is 1.47. The average Bonchev–Trinajstić information content (AvgIpc) is 3.06. The molecule has 140 valence electrons. The first-order valence-electron chi connectivity index (χ1n) is 9.20. The van der Waals surface area contributed by atoms with Gasteiger partial charge in [0.1, 0.15) is 5.82 Å². The Labute approximate surface area is 155 Å². The zero-order valence-electron chi connectivity index (χ0n) is 15.6. The van der Waals surface area contributed by atoms with E-state index in [1.165, 1.54) is 25.5 Å². The van der Waals surface area contributed by atoms with Crippen molar-refractivity contribution in [2.24, 2.45) is 4.99 Å². The number of nitrogens with zero attached hydrogens (tertiary/aromatic N) is 2. The van der Waals surface area contributed by atoms with Gasteiger partial charge in [-0.25, -0.2) is 9.38 Å². The number of likely N-dealkylation sites (tertiary alicyclic amines) is 1. The lowest BCUT2D eigenvalue weighted by molar-refractivity contribution is 0.267. The summed E-state index contributed by atoms with van der Waals surface area (Å²) in [6, 6.07) is 5.59. The quantitative estimate of drug-likeness (QED) is 0.547. The van der Waals surface area contributed by atoms with E-state index in [0.717, 1.165) is 42.5 Å². The topological polar surface area (TPSA) is 39.7 Å². The minimum Gasteiger partial charge on any atom is -0.357 e. The van der Waals surface area contributed by atoms with Gasteiger partial charge in [-0.2, -0.15) is 11.8 Å². The van der Waals surface area contributed by atoms with Crippen molar-refractivity contribution < 1.29 is 4.39 Å². The van der Waals surface area contributed by atoms with Crippen molar-refractivity contribution >= 4 is 17.7 Å². The number of aliphatic imine (C=N–C) groups is 1. The minimum absolute atomic E-state index is 0.178. The van der Waals surface area contributed by atoms with Crippen LogP contribution >= 0.6 is 11.8 Å². The van der Waals surface area contributed by atoms with E-state index in [9.17, 15) is 4.39 Å². The van der Waals surface area contributed by atoms with Crippen LogP contribution in [0.4, 0.5) is 4.39 Å². The van der Waals surface area contributed by atoms with Crippen LogP contribution in [0.2, 0.25) is 0 Å². The number of hydrogen-bond donors (Lipinski definition) is 2. The fourth-order valence-corrected chi connectivity index (χ4v) is 3.88. The van der Waals surface area contributed by atoms with Crippen molar-refractivity contribution in [3.63, 3.8) is 0 Å². The molecule has 2 rings (SSSR count). The molecule has 0 spiro atoms. The molecule has 2 N–H and O–H groups in total. The molecule has 4 nitrogen and oxygen atoms in total. The predicted molar refractivity (Wildman–Crippen MR) is 107 cm³/mol. The van der Waals surface area contributed by atoms with E-state index in [0.29, 0.717) is 12.6 Å². The summed E-state index contributed by atoms with van der Waals surface area (Å²) in [6.45, 7) is 8.91. The number of guanidine groups is 1. The van der Waals surface area contributed by atoms with Crippen LogP contribution in [0, 0.1) is 5.82 Å². The van der Waals surface area contributed by atoms with Crippen molar-refractivity contribution in [1.29, 1.82) is 0 Å². The van der Waals surface area contributed by atoms with Gasteiger partial charge < -0.3 is 10.6 Å². The summed E-state index contributed by atoms with van der Waals surface area (Å²) in [5.41, 5.74) is 2.11. The van der Waals surface area contributed by atoms with Gasteiger partial charge in [-0.3, -0.25) is 4.90 Å². The zero-order chi connectivity index (χ0) is 18.1. The number of likely N-dealkylation sites (N-methyl/N-ethyl adjacent to an activating group) is 1. The highest BCUT2D eigenvalue weighted by atomic mass is 32.2. The van der Waals surface area contributed by atoms with E-state index >= 15 is 0 Å². The Morgan fingerprint density at radius 2 is 2.16 bits per heavy atom. The average molecular weight is 367 g/mol. The lowest BCUT2D eigenvalue weighted by Crippen LogP contribution is -2.44. The molecular weight excluding hydrogens is 335 g/mol. The molecule has 0 saturated carbocycles. The third-order valence-corrected chi connectivity index (χ3v) is 5.23. The van der Waals surface area contributed by atoms with Crippen LogP contribution in [0.5, 0.6) is 0 Å². The summed E-state index contributed by atoms with van der Waals surface area (Å²) in [4.78, 5) is 7.23. The Bertz CT molecular complexity index is 564. The number of hydrogen-bond acceptors (Lipinski definition) is 3. The first-order chi connectivity index (χ1) is 12.2. The van der Waals surface area contributed by atoms with Crippen LogP contribution in [0.3, 0.4) is 0 Å². The van der Waals surface area contributed by atoms with Gasteiger partial charge >= 0.3 is 0 Å². The maximum absolute atomic E-state index is 13.5. The first-order valence-corrected chi connectivity index (χ1v) is 10.6. The second kappa shape index (κ2) is 10.7.